The lowest BCUT2D eigenvalue weighted by Crippen LogP contribution is -2.25. The molecule has 0 amide bonds. The van der Waals surface area contributed by atoms with Gasteiger partial charge < -0.3 is 18.8 Å². The Morgan fingerprint density at radius 1 is 0.906 bits per heavy atom. The predicted molar refractivity (Wildman–Crippen MR) is 129 cm³/mol. The van der Waals surface area contributed by atoms with E-state index < -0.39 is 5.97 Å². The van der Waals surface area contributed by atoms with Crippen LogP contribution in [0.1, 0.15) is 85.0 Å². The summed E-state index contributed by atoms with van der Waals surface area (Å²) < 4.78 is 18.5. The molecule has 0 bridgehead atoms. The lowest BCUT2D eigenvalue weighted by Gasteiger charge is -2.18. The van der Waals surface area contributed by atoms with Crippen LogP contribution in [0.5, 0.6) is 17.2 Å². The smallest absolute Gasteiger partial charge is 0.308 e. The van der Waals surface area contributed by atoms with E-state index in [4.69, 9.17) is 14.2 Å². The number of aryl methyl sites for hydroxylation is 1. The number of benzene rings is 1. The van der Waals surface area contributed by atoms with E-state index >= 15 is 0 Å². The Hall–Kier alpha value is -2.50. The summed E-state index contributed by atoms with van der Waals surface area (Å²) >= 11 is 0. The van der Waals surface area contributed by atoms with Gasteiger partial charge in [-0.05, 0) is 25.0 Å². The SMILES string of the molecule is CCCCCCCCn1c(=O)c(OC(C)=O)c(OCCCCCC)c2ccc(OC)cc21. The molecule has 0 saturated carbocycles. The van der Waals surface area contributed by atoms with E-state index in [1.54, 1.807) is 11.7 Å². The number of nitrogens with zero attached hydrogens (tertiary/aromatic N) is 1. The molecule has 0 atom stereocenters. The molecule has 0 aliphatic carbocycles. The fourth-order valence-electron chi connectivity index (χ4n) is 3.86. The lowest BCUT2D eigenvalue weighted by molar-refractivity contribution is -0.132. The van der Waals surface area contributed by atoms with Gasteiger partial charge in [0.1, 0.15) is 5.75 Å². The zero-order valence-electron chi connectivity index (χ0n) is 20.2. The Labute approximate surface area is 191 Å². The van der Waals surface area contributed by atoms with E-state index in [-0.39, 0.29) is 11.3 Å². The summed E-state index contributed by atoms with van der Waals surface area (Å²) in [5, 5.41) is 0.753. The second-order valence-corrected chi connectivity index (χ2v) is 8.27. The number of hydrogen-bond acceptors (Lipinski definition) is 5. The van der Waals surface area contributed by atoms with Crippen molar-refractivity contribution >= 4 is 16.9 Å². The maximum absolute atomic E-state index is 13.4. The first-order chi connectivity index (χ1) is 15.5. The van der Waals surface area contributed by atoms with E-state index in [2.05, 4.69) is 13.8 Å². The largest absolute Gasteiger partial charge is 0.497 e. The Kier molecular flexibility index (Phi) is 11.1. The van der Waals surface area contributed by atoms with Gasteiger partial charge in [0, 0.05) is 24.9 Å². The average Bonchev–Trinajstić information content (AvgIpc) is 2.78. The number of methoxy groups -OCH3 is 1. The molecule has 1 heterocycles. The van der Waals surface area contributed by atoms with Gasteiger partial charge in [-0.2, -0.15) is 0 Å². The Balaban J connectivity index is 2.42. The van der Waals surface area contributed by atoms with Gasteiger partial charge in [-0.15, -0.1) is 0 Å². The van der Waals surface area contributed by atoms with Gasteiger partial charge >= 0.3 is 5.97 Å². The zero-order chi connectivity index (χ0) is 23.3. The maximum Gasteiger partial charge on any atom is 0.308 e. The molecule has 0 aliphatic rings. The average molecular weight is 446 g/mol. The van der Waals surface area contributed by atoms with Crippen molar-refractivity contribution in [2.45, 2.75) is 91.5 Å². The third-order valence-electron chi connectivity index (χ3n) is 5.61. The van der Waals surface area contributed by atoms with Crippen LogP contribution in [0, 0.1) is 0 Å². The summed E-state index contributed by atoms with van der Waals surface area (Å²) in [6.45, 7) is 6.68. The number of esters is 1. The van der Waals surface area contributed by atoms with Crippen LogP contribution in [0.25, 0.3) is 10.9 Å². The van der Waals surface area contributed by atoms with Gasteiger partial charge in [-0.1, -0.05) is 65.2 Å². The highest BCUT2D eigenvalue weighted by Gasteiger charge is 2.21. The minimum absolute atomic E-state index is 0.0170. The van der Waals surface area contributed by atoms with Gasteiger partial charge in [-0.25, -0.2) is 0 Å². The van der Waals surface area contributed by atoms with Crippen molar-refractivity contribution in [2.24, 2.45) is 0 Å². The van der Waals surface area contributed by atoms with Crippen molar-refractivity contribution in [3.05, 3.63) is 28.6 Å². The summed E-state index contributed by atoms with van der Waals surface area (Å²) in [4.78, 5) is 25.2. The normalized spacial score (nSPS) is 11.0. The highest BCUT2D eigenvalue weighted by atomic mass is 16.6. The van der Waals surface area contributed by atoms with Gasteiger partial charge in [0.25, 0.3) is 5.56 Å². The number of pyridine rings is 1. The molecular weight excluding hydrogens is 406 g/mol. The Morgan fingerprint density at radius 2 is 1.56 bits per heavy atom. The maximum atomic E-state index is 13.4. The van der Waals surface area contributed by atoms with Crippen LogP contribution in [-0.2, 0) is 11.3 Å². The number of ether oxygens (including phenoxy) is 3. The Morgan fingerprint density at radius 3 is 2.22 bits per heavy atom. The molecule has 0 spiro atoms. The van der Waals surface area contributed by atoms with E-state index in [9.17, 15) is 9.59 Å². The molecule has 6 heteroatoms. The first kappa shape index (κ1) is 25.8. The minimum Gasteiger partial charge on any atom is -0.497 e. The molecule has 32 heavy (non-hydrogen) atoms. The number of carbonyl (C=O) groups is 1. The molecule has 0 fully saturated rings. The molecule has 2 rings (SSSR count). The molecule has 0 N–H and O–H groups in total. The van der Waals surface area contributed by atoms with Crippen LogP contribution in [0.2, 0.25) is 0 Å². The number of carbonyl (C=O) groups excluding carboxylic acids is 1. The van der Waals surface area contributed by atoms with Crippen molar-refractivity contribution in [2.75, 3.05) is 13.7 Å². The van der Waals surface area contributed by atoms with E-state index in [0.717, 1.165) is 55.8 Å². The monoisotopic (exact) mass is 445 g/mol. The molecule has 0 aliphatic heterocycles. The van der Waals surface area contributed by atoms with Crippen molar-refractivity contribution < 1.29 is 19.0 Å². The molecule has 0 radical (unpaired) electrons. The van der Waals surface area contributed by atoms with Crippen LogP contribution in [0.15, 0.2) is 23.0 Å². The van der Waals surface area contributed by atoms with E-state index in [1.807, 2.05) is 18.2 Å². The number of unbranched alkanes of at least 4 members (excludes halogenated alkanes) is 8. The van der Waals surface area contributed by atoms with Crippen molar-refractivity contribution in [3.63, 3.8) is 0 Å². The van der Waals surface area contributed by atoms with Crippen LogP contribution in [0.4, 0.5) is 0 Å². The summed E-state index contributed by atoms with van der Waals surface area (Å²) in [6, 6.07) is 5.57. The quantitative estimate of drug-likeness (QED) is 0.239. The summed E-state index contributed by atoms with van der Waals surface area (Å²) in [5.41, 5.74) is 0.403. The summed E-state index contributed by atoms with van der Waals surface area (Å²) in [7, 11) is 1.61. The Bertz CT molecular complexity index is 919. The van der Waals surface area contributed by atoms with Crippen LogP contribution < -0.4 is 19.8 Å². The van der Waals surface area contributed by atoms with Crippen LogP contribution in [0.3, 0.4) is 0 Å². The zero-order valence-corrected chi connectivity index (χ0v) is 20.2. The van der Waals surface area contributed by atoms with E-state index in [0.29, 0.717) is 24.7 Å². The fourth-order valence-corrected chi connectivity index (χ4v) is 3.86. The van der Waals surface area contributed by atoms with Crippen molar-refractivity contribution in [1.29, 1.82) is 0 Å². The van der Waals surface area contributed by atoms with Crippen molar-refractivity contribution in [3.8, 4) is 17.2 Å². The molecule has 6 nitrogen and oxygen atoms in total. The second-order valence-electron chi connectivity index (χ2n) is 8.27. The van der Waals surface area contributed by atoms with Crippen LogP contribution >= 0.6 is 0 Å². The van der Waals surface area contributed by atoms with Gasteiger partial charge in [-0.3, -0.25) is 9.59 Å². The molecule has 2 aromatic rings. The van der Waals surface area contributed by atoms with Gasteiger partial charge in [0.05, 0.1) is 19.2 Å². The van der Waals surface area contributed by atoms with Crippen molar-refractivity contribution in [1.82, 2.24) is 4.57 Å². The summed E-state index contributed by atoms with van der Waals surface area (Å²) in [5.74, 6) is 0.467. The van der Waals surface area contributed by atoms with Crippen LogP contribution in [-0.4, -0.2) is 24.3 Å². The molecule has 1 aromatic carbocycles. The fraction of sp³-hybridized carbons (Fsp3) is 0.615. The van der Waals surface area contributed by atoms with Gasteiger partial charge in [0.15, 0.2) is 5.75 Å². The molecular formula is C26H39NO5. The minimum atomic E-state index is -0.531. The molecule has 178 valence electrons. The third kappa shape index (κ3) is 7.28. The first-order valence-electron chi connectivity index (χ1n) is 12.1. The highest BCUT2D eigenvalue weighted by molar-refractivity contribution is 5.90. The molecule has 1 aromatic heterocycles. The molecule has 0 unspecified atom stereocenters. The third-order valence-corrected chi connectivity index (χ3v) is 5.61. The summed E-state index contributed by atoms with van der Waals surface area (Å²) in [6.07, 6.45) is 10.9. The number of fused-ring (bicyclic) bond motifs is 1. The second kappa shape index (κ2) is 13.8. The first-order valence-corrected chi connectivity index (χ1v) is 12.1. The number of aromatic nitrogens is 1. The lowest BCUT2D eigenvalue weighted by atomic mass is 10.1. The topological polar surface area (TPSA) is 66.8 Å². The molecule has 0 saturated heterocycles. The highest BCUT2D eigenvalue weighted by Crippen LogP contribution is 2.35. The van der Waals surface area contributed by atoms with E-state index in [1.165, 1.54) is 26.2 Å². The number of hydrogen-bond donors (Lipinski definition) is 0. The standard InChI is InChI=1S/C26H39NO5/c1-5-7-9-11-12-13-17-27-23-19-21(30-4)15-16-22(23)24(31-18-14-10-8-6-2)25(26(27)29)32-20(3)28/h15-16,19H,5-14,17-18H2,1-4H3. The predicted octanol–water partition coefficient (Wildman–Crippen LogP) is 6.26. The number of rotatable bonds is 15. The van der Waals surface area contributed by atoms with Gasteiger partial charge in [0.2, 0.25) is 5.75 Å².